The van der Waals surface area contributed by atoms with Crippen molar-refractivity contribution in [3.8, 4) is 11.3 Å². The average molecular weight is 342 g/mol. The van der Waals surface area contributed by atoms with Gasteiger partial charge in [-0.2, -0.15) is 0 Å². The summed E-state index contributed by atoms with van der Waals surface area (Å²) in [4.78, 5) is 22.4. The number of carbonyl (C=O) groups excluding carboxylic acids is 1. The lowest BCUT2D eigenvalue weighted by Crippen LogP contribution is -2.44. The third-order valence-corrected chi connectivity index (χ3v) is 4.52. The third-order valence-electron chi connectivity index (χ3n) is 4.52. The highest BCUT2D eigenvalue weighted by Gasteiger charge is 2.21. The number of hydrogen-bond acceptors (Lipinski definition) is 4. The number of amides is 1. The minimum Gasteiger partial charge on any atom is -0.356 e. The zero-order chi connectivity index (χ0) is 18.0. The maximum Gasteiger partial charge on any atom is 0.217 e. The second-order valence-electron chi connectivity index (χ2n) is 6.58. The number of nitrogens with one attached hydrogen (secondary N) is 1. The number of rotatable bonds is 3. The van der Waals surface area contributed by atoms with Crippen molar-refractivity contribution in [2.24, 2.45) is 0 Å². The smallest absolute Gasteiger partial charge is 0.217 e. The first kappa shape index (κ1) is 17.3. The van der Waals surface area contributed by atoms with E-state index in [2.05, 4.69) is 20.2 Å². The molecule has 1 aromatic heterocycles. The molecule has 0 radical (unpaired) electrons. The average Bonchev–Trinajstić information content (AvgIpc) is 2.57. The summed E-state index contributed by atoms with van der Waals surface area (Å²) >= 11 is 0. The summed E-state index contributed by atoms with van der Waals surface area (Å²) in [6, 6.07) is 7.30. The molecule has 0 saturated carbocycles. The summed E-state index contributed by atoms with van der Waals surface area (Å²) < 4.78 is 13.9. The minimum atomic E-state index is -0.230. The Morgan fingerprint density at radius 3 is 2.56 bits per heavy atom. The highest BCUT2D eigenvalue weighted by Crippen LogP contribution is 2.25. The van der Waals surface area contributed by atoms with Crippen molar-refractivity contribution >= 4 is 11.7 Å². The molecule has 2 aromatic rings. The van der Waals surface area contributed by atoms with E-state index in [-0.39, 0.29) is 17.8 Å². The lowest BCUT2D eigenvalue weighted by Gasteiger charge is -2.33. The van der Waals surface area contributed by atoms with Crippen LogP contribution in [0.1, 0.15) is 31.2 Å². The predicted molar refractivity (Wildman–Crippen MR) is 96.0 cm³/mol. The van der Waals surface area contributed by atoms with E-state index in [0.29, 0.717) is 11.4 Å². The van der Waals surface area contributed by atoms with Crippen molar-refractivity contribution in [2.75, 3.05) is 18.0 Å². The Morgan fingerprint density at radius 2 is 1.92 bits per heavy atom. The van der Waals surface area contributed by atoms with Crippen LogP contribution in [0.2, 0.25) is 0 Å². The number of anilines is 1. The third kappa shape index (κ3) is 4.13. The molecule has 0 bridgehead atoms. The van der Waals surface area contributed by atoms with Crippen LogP contribution in [0, 0.1) is 19.7 Å². The zero-order valence-electron chi connectivity index (χ0n) is 14.8. The maximum atomic E-state index is 13.9. The minimum absolute atomic E-state index is 0.0139. The van der Waals surface area contributed by atoms with Crippen LogP contribution in [0.15, 0.2) is 24.3 Å². The van der Waals surface area contributed by atoms with Crippen molar-refractivity contribution < 1.29 is 9.18 Å². The van der Waals surface area contributed by atoms with Crippen molar-refractivity contribution in [2.45, 2.75) is 39.7 Å². The molecule has 1 N–H and O–H groups in total. The molecule has 3 rings (SSSR count). The first-order chi connectivity index (χ1) is 11.9. The number of benzene rings is 1. The molecular weight excluding hydrogens is 319 g/mol. The van der Waals surface area contributed by atoms with Gasteiger partial charge in [0.1, 0.15) is 17.5 Å². The Kier molecular flexibility index (Phi) is 4.97. The van der Waals surface area contributed by atoms with Crippen molar-refractivity contribution in [1.82, 2.24) is 15.3 Å². The van der Waals surface area contributed by atoms with Gasteiger partial charge in [-0.05, 0) is 38.3 Å². The fraction of sp³-hybridized carbons (Fsp3) is 0.421. The Labute approximate surface area is 147 Å². The van der Waals surface area contributed by atoms with Gasteiger partial charge in [-0.25, -0.2) is 14.4 Å². The van der Waals surface area contributed by atoms with Crippen LogP contribution in [-0.4, -0.2) is 35.0 Å². The molecule has 0 spiro atoms. The Balaban J connectivity index is 1.80. The SMILES string of the molecule is CC(=O)NC1CCN(c2cc(-c3ccc(C)c(F)c3)nc(C)n2)CC1. The van der Waals surface area contributed by atoms with Crippen molar-refractivity contribution in [3.05, 3.63) is 41.5 Å². The Hall–Kier alpha value is -2.50. The number of piperidine rings is 1. The number of halogens is 1. The van der Waals surface area contributed by atoms with Gasteiger partial charge in [-0.1, -0.05) is 12.1 Å². The first-order valence-corrected chi connectivity index (χ1v) is 8.56. The fourth-order valence-corrected chi connectivity index (χ4v) is 3.15. The van der Waals surface area contributed by atoms with E-state index < -0.39 is 0 Å². The van der Waals surface area contributed by atoms with E-state index in [1.54, 1.807) is 19.9 Å². The highest BCUT2D eigenvalue weighted by atomic mass is 19.1. The summed E-state index contributed by atoms with van der Waals surface area (Å²) in [5.41, 5.74) is 2.10. The summed E-state index contributed by atoms with van der Waals surface area (Å²) in [7, 11) is 0. The van der Waals surface area contributed by atoms with Crippen LogP contribution in [0.3, 0.4) is 0 Å². The molecule has 2 heterocycles. The fourth-order valence-electron chi connectivity index (χ4n) is 3.15. The van der Waals surface area contributed by atoms with Gasteiger partial charge >= 0.3 is 0 Å². The van der Waals surface area contributed by atoms with E-state index in [1.807, 2.05) is 19.1 Å². The van der Waals surface area contributed by atoms with Gasteiger partial charge in [0.05, 0.1) is 5.69 Å². The number of aryl methyl sites for hydroxylation is 2. The summed E-state index contributed by atoms with van der Waals surface area (Å²) in [6.45, 7) is 6.79. The number of carbonyl (C=O) groups is 1. The van der Waals surface area contributed by atoms with Gasteiger partial charge < -0.3 is 10.2 Å². The van der Waals surface area contributed by atoms with Crippen LogP contribution in [0.4, 0.5) is 10.2 Å². The normalized spacial score (nSPS) is 15.3. The molecule has 1 aliphatic rings. The van der Waals surface area contributed by atoms with E-state index in [4.69, 9.17) is 0 Å². The Morgan fingerprint density at radius 1 is 1.20 bits per heavy atom. The first-order valence-electron chi connectivity index (χ1n) is 8.56. The van der Waals surface area contributed by atoms with Crippen LogP contribution in [0.25, 0.3) is 11.3 Å². The standard InChI is InChI=1S/C19H23FN4O/c1-12-4-5-15(10-17(12)20)18-11-19(22-13(2)21-18)24-8-6-16(7-9-24)23-14(3)25/h4-5,10-11,16H,6-9H2,1-3H3,(H,23,25). The molecule has 25 heavy (non-hydrogen) atoms. The number of aromatic nitrogens is 2. The number of nitrogens with zero attached hydrogens (tertiary/aromatic N) is 3. The second kappa shape index (κ2) is 7.17. The molecule has 0 aliphatic carbocycles. The molecule has 132 valence electrons. The van der Waals surface area contributed by atoms with E-state index >= 15 is 0 Å². The van der Waals surface area contributed by atoms with E-state index in [1.165, 1.54) is 6.07 Å². The van der Waals surface area contributed by atoms with Gasteiger partial charge in [0.25, 0.3) is 0 Å². The lowest BCUT2D eigenvalue weighted by atomic mass is 10.0. The van der Waals surface area contributed by atoms with Crippen LogP contribution in [0.5, 0.6) is 0 Å². The summed E-state index contributed by atoms with van der Waals surface area (Å²) in [5, 5.41) is 2.97. The van der Waals surface area contributed by atoms with Gasteiger partial charge in [0.2, 0.25) is 5.91 Å². The largest absolute Gasteiger partial charge is 0.356 e. The highest BCUT2D eigenvalue weighted by molar-refractivity contribution is 5.73. The molecule has 1 amide bonds. The molecule has 1 aromatic carbocycles. The van der Waals surface area contributed by atoms with E-state index in [9.17, 15) is 9.18 Å². The molecule has 1 aliphatic heterocycles. The number of hydrogen-bond donors (Lipinski definition) is 1. The lowest BCUT2D eigenvalue weighted by molar-refractivity contribution is -0.119. The molecule has 1 fully saturated rings. The Bertz CT molecular complexity index is 785. The zero-order valence-corrected chi connectivity index (χ0v) is 14.8. The van der Waals surface area contributed by atoms with Crippen LogP contribution in [-0.2, 0) is 4.79 Å². The van der Waals surface area contributed by atoms with Gasteiger partial charge in [0, 0.05) is 37.7 Å². The molecular formula is C19H23FN4O. The predicted octanol–water partition coefficient (Wildman–Crippen LogP) is 3.00. The van der Waals surface area contributed by atoms with Gasteiger partial charge in [-0.15, -0.1) is 0 Å². The van der Waals surface area contributed by atoms with Gasteiger partial charge in [0.15, 0.2) is 0 Å². The molecule has 1 saturated heterocycles. The maximum absolute atomic E-state index is 13.9. The van der Waals surface area contributed by atoms with Gasteiger partial charge in [-0.3, -0.25) is 4.79 Å². The summed E-state index contributed by atoms with van der Waals surface area (Å²) in [6.07, 6.45) is 1.77. The van der Waals surface area contributed by atoms with Crippen LogP contribution < -0.4 is 10.2 Å². The van der Waals surface area contributed by atoms with Crippen LogP contribution >= 0.6 is 0 Å². The molecule has 5 nitrogen and oxygen atoms in total. The molecule has 0 unspecified atom stereocenters. The monoisotopic (exact) mass is 342 g/mol. The summed E-state index contributed by atoms with van der Waals surface area (Å²) in [5.74, 6) is 1.30. The topological polar surface area (TPSA) is 58.1 Å². The van der Waals surface area contributed by atoms with Crippen molar-refractivity contribution in [1.29, 1.82) is 0 Å². The van der Waals surface area contributed by atoms with Crippen molar-refractivity contribution in [3.63, 3.8) is 0 Å². The quantitative estimate of drug-likeness (QED) is 0.932. The van der Waals surface area contributed by atoms with E-state index in [0.717, 1.165) is 43.0 Å². The second-order valence-corrected chi connectivity index (χ2v) is 6.58. The molecule has 6 heteroatoms. The molecule has 0 atom stereocenters.